The standard InChI is InChI=1S/C9H20S4/c1-8(2,3)12-10-7-11-13-9(4,5)6/h7H2,1-6H3. The van der Waals surface area contributed by atoms with Gasteiger partial charge in [-0.15, -0.1) is 0 Å². The van der Waals surface area contributed by atoms with Gasteiger partial charge in [-0.3, -0.25) is 0 Å². The summed E-state index contributed by atoms with van der Waals surface area (Å²) in [4.78, 5) is 0. The Balaban J connectivity index is 3.28. The molecule has 80 valence electrons. The number of rotatable bonds is 4. The van der Waals surface area contributed by atoms with Gasteiger partial charge in [0.05, 0.1) is 5.08 Å². The minimum atomic E-state index is 0.387. The molecule has 0 nitrogen and oxygen atoms in total. The molecule has 0 amide bonds. The Hall–Kier alpha value is 1.40. The van der Waals surface area contributed by atoms with Crippen molar-refractivity contribution in [2.24, 2.45) is 0 Å². The molecule has 0 aromatic carbocycles. The molecule has 13 heavy (non-hydrogen) atoms. The van der Waals surface area contributed by atoms with Gasteiger partial charge in [-0.25, -0.2) is 0 Å². The van der Waals surface area contributed by atoms with E-state index >= 15 is 0 Å². The Kier molecular flexibility index (Phi) is 6.74. The van der Waals surface area contributed by atoms with E-state index in [9.17, 15) is 0 Å². The Morgan fingerprint density at radius 3 is 1.23 bits per heavy atom. The molecular weight excluding hydrogens is 236 g/mol. The molecule has 0 aliphatic carbocycles. The van der Waals surface area contributed by atoms with Crippen LogP contribution < -0.4 is 0 Å². The molecule has 0 saturated heterocycles. The van der Waals surface area contributed by atoms with Crippen LogP contribution in [0.5, 0.6) is 0 Å². The highest BCUT2D eigenvalue weighted by molar-refractivity contribution is 8.85. The van der Waals surface area contributed by atoms with Crippen molar-refractivity contribution in [1.29, 1.82) is 0 Å². The van der Waals surface area contributed by atoms with Gasteiger partial charge in [0.15, 0.2) is 0 Å². The fourth-order valence-electron chi connectivity index (χ4n) is 0.421. The summed E-state index contributed by atoms with van der Waals surface area (Å²) in [6.45, 7) is 13.5. The molecule has 0 aliphatic heterocycles. The van der Waals surface area contributed by atoms with Gasteiger partial charge in [0.1, 0.15) is 0 Å². The van der Waals surface area contributed by atoms with Gasteiger partial charge in [-0.1, -0.05) is 84.7 Å². The summed E-state index contributed by atoms with van der Waals surface area (Å²) >= 11 is 0. The molecule has 0 aromatic rings. The Labute approximate surface area is 99.0 Å². The molecule has 0 N–H and O–H groups in total. The Morgan fingerprint density at radius 1 is 0.692 bits per heavy atom. The van der Waals surface area contributed by atoms with E-state index in [0.29, 0.717) is 9.49 Å². The molecule has 0 aliphatic rings. The number of hydrogen-bond acceptors (Lipinski definition) is 4. The van der Waals surface area contributed by atoms with Crippen molar-refractivity contribution in [2.45, 2.75) is 51.0 Å². The average Bonchev–Trinajstić information content (AvgIpc) is 1.81. The first-order chi connectivity index (χ1) is 5.71. The molecule has 0 spiro atoms. The molecule has 0 bridgehead atoms. The summed E-state index contributed by atoms with van der Waals surface area (Å²) in [5.74, 6) is 0. The molecule has 0 fully saturated rings. The summed E-state index contributed by atoms with van der Waals surface area (Å²) in [5, 5.41) is 1.17. The van der Waals surface area contributed by atoms with Crippen molar-refractivity contribution in [3.05, 3.63) is 0 Å². The second-order valence-corrected chi connectivity index (χ2v) is 11.4. The highest BCUT2D eigenvalue weighted by Gasteiger charge is 2.13. The first-order valence-electron chi connectivity index (χ1n) is 4.32. The predicted molar refractivity (Wildman–Crippen MR) is 74.7 cm³/mol. The van der Waals surface area contributed by atoms with Crippen LogP contribution in [0.25, 0.3) is 0 Å². The molecule has 0 heterocycles. The molecule has 0 radical (unpaired) electrons. The van der Waals surface area contributed by atoms with Crippen LogP contribution in [0.1, 0.15) is 41.5 Å². The Morgan fingerprint density at radius 2 is 1.00 bits per heavy atom. The van der Waals surface area contributed by atoms with Crippen molar-refractivity contribution in [3.63, 3.8) is 0 Å². The second-order valence-electron chi connectivity index (χ2n) is 4.74. The predicted octanol–water partition coefficient (Wildman–Crippen LogP) is 5.30. The van der Waals surface area contributed by atoms with E-state index in [1.807, 2.05) is 43.2 Å². The van der Waals surface area contributed by atoms with Crippen molar-refractivity contribution in [3.8, 4) is 0 Å². The molecular formula is C9H20S4. The third-order valence-corrected chi connectivity index (χ3v) is 8.16. The summed E-state index contributed by atoms with van der Waals surface area (Å²) < 4.78 is 0.773. The zero-order valence-corrected chi connectivity index (χ0v) is 12.6. The summed E-state index contributed by atoms with van der Waals surface area (Å²) in [7, 11) is 7.85. The molecule has 0 saturated carbocycles. The third kappa shape index (κ3) is 13.4. The average molecular weight is 257 g/mol. The van der Waals surface area contributed by atoms with Gasteiger partial charge in [-0.05, 0) is 0 Å². The third-order valence-electron chi connectivity index (χ3n) is 0.714. The number of hydrogen-bond donors (Lipinski definition) is 0. The smallest absolute Gasteiger partial charge is 0.0600 e. The van der Waals surface area contributed by atoms with Crippen LogP contribution in [0.4, 0.5) is 0 Å². The maximum Gasteiger partial charge on any atom is 0.0600 e. The van der Waals surface area contributed by atoms with E-state index in [1.165, 1.54) is 5.08 Å². The molecule has 0 rings (SSSR count). The summed E-state index contributed by atoms with van der Waals surface area (Å²) in [6, 6.07) is 0. The molecule has 0 atom stereocenters. The van der Waals surface area contributed by atoms with Crippen LogP contribution in [0, 0.1) is 0 Å². The fraction of sp³-hybridized carbons (Fsp3) is 1.00. The Bertz CT molecular complexity index is 116. The van der Waals surface area contributed by atoms with Gasteiger partial charge in [0.2, 0.25) is 0 Å². The van der Waals surface area contributed by atoms with E-state index in [0.717, 1.165) is 0 Å². The first-order valence-corrected chi connectivity index (χ1v) is 8.96. The molecule has 0 unspecified atom stereocenters. The van der Waals surface area contributed by atoms with Crippen LogP contribution in [-0.2, 0) is 0 Å². The SMILES string of the molecule is CC(C)(C)SSCSSC(C)(C)C. The lowest BCUT2D eigenvalue weighted by molar-refractivity contribution is 0.810. The van der Waals surface area contributed by atoms with E-state index < -0.39 is 0 Å². The van der Waals surface area contributed by atoms with Gasteiger partial charge in [0, 0.05) is 9.49 Å². The minimum absolute atomic E-state index is 0.387. The second kappa shape index (κ2) is 6.09. The van der Waals surface area contributed by atoms with Gasteiger partial charge < -0.3 is 0 Å². The van der Waals surface area contributed by atoms with E-state index in [1.54, 1.807) is 0 Å². The maximum atomic E-state index is 2.26. The molecule has 4 heteroatoms. The zero-order valence-electron chi connectivity index (χ0n) is 9.34. The summed E-state index contributed by atoms with van der Waals surface area (Å²) in [5.41, 5.74) is 0. The minimum Gasteiger partial charge on any atom is -0.0873 e. The highest BCUT2D eigenvalue weighted by atomic mass is 33.1. The van der Waals surface area contributed by atoms with Crippen molar-refractivity contribution < 1.29 is 0 Å². The summed E-state index contributed by atoms with van der Waals surface area (Å²) in [6.07, 6.45) is 0. The van der Waals surface area contributed by atoms with Gasteiger partial charge in [0.25, 0.3) is 0 Å². The highest BCUT2D eigenvalue weighted by Crippen LogP contribution is 2.42. The van der Waals surface area contributed by atoms with Crippen molar-refractivity contribution in [1.82, 2.24) is 0 Å². The molecule has 0 aromatic heterocycles. The van der Waals surface area contributed by atoms with Crippen molar-refractivity contribution >= 4 is 43.2 Å². The van der Waals surface area contributed by atoms with Crippen LogP contribution in [0.3, 0.4) is 0 Å². The first kappa shape index (κ1) is 14.4. The van der Waals surface area contributed by atoms with Gasteiger partial charge in [-0.2, -0.15) is 0 Å². The normalized spacial score (nSPS) is 13.4. The van der Waals surface area contributed by atoms with E-state index in [4.69, 9.17) is 0 Å². The maximum absolute atomic E-state index is 2.26. The van der Waals surface area contributed by atoms with Crippen LogP contribution in [-0.4, -0.2) is 14.6 Å². The lowest BCUT2D eigenvalue weighted by Gasteiger charge is -2.18. The monoisotopic (exact) mass is 256 g/mol. The van der Waals surface area contributed by atoms with Crippen LogP contribution in [0.2, 0.25) is 0 Å². The van der Waals surface area contributed by atoms with Crippen LogP contribution in [0.15, 0.2) is 0 Å². The quantitative estimate of drug-likeness (QED) is 0.380. The van der Waals surface area contributed by atoms with E-state index in [2.05, 4.69) is 41.5 Å². The van der Waals surface area contributed by atoms with Gasteiger partial charge >= 0.3 is 0 Å². The fourth-order valence-corrected chi connectivity index (χ4v) is 6.07. The lowest BCUT2D eigenvalue weighted by atomic mass is 10.3. The zero-order chi connectivity index (χ0) is 10.5. The lowest BCUT2D eigenvalue weighted by Crippen LogP contribution is -2.05. The van der Waals surface area contributed by atoms with E-state index in [-0.39, 0.29) is 0 Å². The topological polar surface area (TPSA) is 0 Å². The van der Waals surface area contributed by atoms with Crippen LogP contribution >= 0.6 is 43.2 Å². The van der Waals surface area contributed by atoms with Crippen molar-refractivity contribution in [2.75, 3.05) is 5.08 Å². The largest absolute Gasteiger partial charge is 0.0873 e.